The Balaban J connectivity index is 1.27. The van der Waals surface area contributed by atoms with Crippen LogP contribution in [0, 0.1) is 6.92 Å². The average molecular weight is 444 g/mol. The molecule has 172 valence electrons. The molecule has 5 rings (SSSR count). The number of hydrogen-bond acceptors (Lipinski definition) is 6. The second-order valence-electron chi connectivity index (χ2n) is 9.17. The van der Waals surface area contributed by atoms with Crippen LogP contribution < -0.4 is 10.2 Å². The second kappa shape index (κ2) is 9.49. The fraction of sp³-hybridized carbons (Fsp3) is 0.407. The fourth-order valence-electron chi connectivity index (χ4n) is 5.10. The van der Waals surface area contributed by atoms with Gasteiger partial charge in [0.05, 0.1) is 12.3 Å². The number of likely N-dealkylation sites (N-methyl/N-ethyl adjacent to an activating group) is 1. The molecule has 2 fully saturated rings. The van der Waals surface area contributed by atoms with Crippen molar-refractivity contribution in [2.75, 3.05) is 43.6 Å². The van der Waals surface area contributed by atoms with E-state index in [9.17, 15) is 0 Å². The molecule has 1 aromatic heterocycles. The highest BCUT2D eigenvalue weighted by molar-refractivity contribution is 5.66. The maximum absolute atomic E-state index is 5.45. The summed E-state index contributed by atoms with van der Waals surface area (Å²) >= 11 is 0. The van der Waals surface area contributed by atoms with E-state index < -0.39 is 0 Å². The van der Waals surface area contributed by atoms with E-state index in [0.29, 0.717) is 18.0 Å². The minimum atomic E-state index is 0.613. The van der Waals surface area contributed by atoms with Gasteiger partial charge in [0.1, 0.15) is 0 Å². The number of ether oxygens (including phenoxy) is 1. The van der Waals surface area contributed by atoms with Crippen molar-refractivity contribution in [1.29, 1.82) is 0 Å². The molecular formula is C27H33N5O. The van der Waals surface area contributed by atoms with Gasteiger partial charge in [-0.05, 0) is 69.1 Å². The van der Waals surface area contributed by atoms with E-state index in [-0.39, 0.29) is 0 Å². The summed E-state index contributed by atoms with van der Waals surface area (Å²) in [5.41, 5.74) is 6.92. The van der Waals surface area contributed by atoms with Crippen molar-refractivity contribution < 1.29 is 4.74 Å². The van der Waals surface area contributed by atoms with Gasteiger partial charge in [-0.1, -0.05) is 24.3 Å². The number of aryl methyl sites for hydroxylation is 1. The highest BCUT2D eigenvalue weighted by Gasteiger charge is 2.41. The fourth-order valence-corrected chi connectivity index (χ4v) is 5.10. The first-order chi connectivity index (χ1) is 16.1. The lowest BCUT2D eigenvalue weighted by Crippen LogP contribution is -2.44. The maximum Gasteiger partial charge on any atom is 0.227 e. The lowest BCUT2D eigenvalue weighted by atomic mass is 10.1. The number of likely N-dealkylation sites (tertiary alicyclic amines) is 1. The molecule has 0 radical (unpaired) electrons. The zero-order chi connectivity index (χ0) is 22.8. The largest absolute Gasteiger partial charge is 0.381 e. The molecule has 6 heteroatoms. The van der Waals surface area contributed by atoms with E-state index in [0.717, 1.165) is 49.7 Å². The Kier molecular flexibility index (Phi) is 6.29. The van der Waals surface area contributed by atoms with Gasteiger partial charge >= 0.3 is 0 Å². The van der Waals surface area contributed by atoms with Crippen LogP contribution in [0.2, 0.25) is 0 Å². The van der Waals surface area contributed by atoms with Crippen molar-refractivity contribution in [2.24, 2.45) is 0 Å². The third-order valence-electron chi connectivity index (χ3n) is 6.92. The van der Waals surface area contributed by atoms with Gasteiger partial charge in [-0.3, -0.25) is 4.90 Å². The molecule has 0 aliphatic carbocycles. The molecule has 3 heterocycles. The first-order valence-corrected chi connectivity index (χ1v) is 12.0. The van der Waals surface area contributed by atoms with Crippen molar-refractivity contribution in [3.8, 4) is 11.3 Å². The number of aromatic nitrogens is 2. The quantitative estimate of drug-likeness (QED) is 0.511. The van der Waals surface area contributed by atoms with E-state index in [1.54, 1.807) is 0 Å². The molecule has 2 aromatic carbocycles. The molecule has 2 aliphatic rings. The molecule has 2 unspecified atom stereocenters. The number of hydrogen-bond donors (Lipinski definition) is 1. The molecule has 33 heavy (non-hydrogen) atoms. The molecular weight excluding hydrogens is 410 g/mol. The zero-order valence-electron chi connectivity index (χ0n) is 19.8. The van der Waals surface area contributed by atoms with Crippen LogP contribution in [0.1, 0.15) is 24.5 Å². The average Bonchev–Trinajstić information content (AvgIpc) is 3.40. The Morgan fingerprint density at radius 3 is 2.61 bits per heavy atom. The zero-order valence-corrected chi connectivity index (χ0v) is 19.8. The Hall–Kier alpha value is -2.96. The minimum Gasteiger partial charge on any atom is -0.381 e. The minimum absolute atomic E-state index is 0.613. The predicted molar refractivity (Wildman–Crippen MR) is 134 cm³/mol. The number of anilines is 3. The third-order valence-corrected chi connectivity index (χ3v) is 6.92. The summed E-state index contributed by atoms with van der Waals surface area (Å²) < 4.78 is 5.45. The summed E-state index contributed by atoms with van der Waals surface area (Å²) in [5.74, 6) is 0.613. The number of nitrogens with one attached hydrogen (secondary N) is 1. The van der Waals surface area contributed by atoms with E-state index in [1.807, 2.05) is 19.2 Å². The maximum atomic E-state index is 5.45. The van der Waals surface area contributed by atoms with Gasteiger partial charge < -0.3 is 15.0 Å². The van der Waals surface area contributed by atoms with E-state index in [4.69, 9.17) is 9.72 Å². The standard InChI is InChI=1S/C27H33N5O/c1-4-33-14-12-20-5-7-21(8-6-20)25-11-13-28-27(30-25)29-22-9-10-26(19(2)15-22)32-18-23-16-24(32)17-31(23)3/h5-11,13,15,23-24H,4,12,14,16-18H2,1-3H3,(H,28,29,30). The van der Waals surface area contributed by atoms with E-state index in [1.165, 1.54) is 23.2 Å². The monoisotopic (exact) mass is 443 g/mol. The number of piperazine rings is 1. The first kappa shape index (κ1) is 21.9. The van der Waals surface area contributed by atoms with Gasteiger partial charge in [0.2, 0.25) is 5.95 Å². The van der Waals surface area contributed by atoms with Crippen molar-refractivity contribution in [3.05, 3.63) is 65.9 Å². The van der Waals surface area contributed by atoms with E-state index in [2.05, 4.69) is 76.5 Å². The van der Waals surface area contributed by atoms with Crippen LogP contribution in [0.5, 0.6) is 0 Å². The molecule has 3 aromatic rings. The van der Waals surface area contributed by atoms with Gasteiger partial charge in [0.15, 0.2) is 0 Å². The summed E-state index contributed by atoms with van der Waals surface area (Å²) in [4.78, 5) is 14.3. The molecule has 0 spiro atoms. The van der Waals surface area contributed by atoms with Crippen LogP contribution in [0.3, 0.4) is 0 Å². The summed E-state index contributed by atoms with van der Waals surface area (Å²) in [5, 5.41) is 3.39. The Labute approximate surface area is 196 Å². The molecule has 2 bridgehead atoms. The van der Waals surface area contributed by atoms with Gasteiger partial charge in [-0.15, -0.1) is 0 Å². The second-order valence-corrected chi connectivity index (χ2v) is 9.17. The molecule has 0 amide bonds. The lowest BCUT2D eigenvalue weighted by Gasteiger charge is -2.34. The highest BCUT2D eigenvalue weighted by atomic mass is 16.5. The summed E-state index contributed by atoms with van der Waals surface area (Å²) in [6.07, 6.45) is 4.02. The Morgan fingerprint density at radius 1 is 1.06 bits per heavy atom. The normalized spacial score (nSPS) is 19.9. The Morgan fingerprint density at radius 2 is 1.91 bits per heavy atom. The van der Waals surface area contributed by atoms with Gasteiger partial charge in [0, 0.05) is 54.9 Å². The summed E-state index contributed by atoms with van der Waals surface area (Å²) in [7, 11) is 2.24. The van der Waals surface area contributed by atoms with Crippen LogP contribution in [0.4, 0.5) is 17.3 Å². The van der Waals surface area contributed by atoms with Crippen molar-refractivity contribution >= 4 is 17.3 Å². The predicted octanol–water partition coefficient (Wildman–Crippen LogP) is 4.67. The van der Waals surface area contributed by atoms with Crippen molar-refractivity contribution in [2.45, 2.75) is 38.8 Å². The summed E-state index contributed by atoms with van der Waals surface area (Å²) in [6.45, 7) is 8.03. The summed E-state index contributed by atoms with van der Waals surface area (Å²) in [6, 6.07) is 18.4. The smallest absolute Gasteiger partial charge is 0.227 e. The highest BCUT2D eigenvalue weighted by Crippen LogP contribution is 2.36. The van der Waals surface area contributed by atoms with Crippen LogP contribution in [-0.4, -0.2) is 60.3 Å². The van der Waals surface area contributed by atoms with Crippen molar-refractivity contribution in [3.63, 3.8) is 0 Å². The van der Waals surface area contributed by atoms with Crippen LogP contribution in [0.15, 0.2) is 54.7 Å². The third kappa shape index (κ3) is 4.72. The van der Waals surface area contributed by atoms with Gasteiger partial charge in [-0.2, -0.15) is 0 Å². The molecule has 2 saturated heterocycles. The van der Waals surface area contributed by atoms with Gasteiger partial charge in [0.25, 0.3) is 0 Å². The van der Waals surface area contributed by atoms with Crippen LogP contribution in [-0.2, 0) is 11.2 Å². The van der Waals surface area contributed by atoms with Gasteiger partial charge in [-0.25, -0.2) is 9.97 Å². The van der Waals surface area contributed by atoms with Crippen LogP contribution in [0.25, 0.3) is 11.3 Å². The first-order valence-electron chi connectivity index (χ1n) is 12.0. The van der Waals surface area contributed by atoms with E-state index >= 15 is 0 Å². The number of fused-ring (bicyclic) bond motifs is 2. The number of nitrogens with zero attached hydrogens (tertiary/aromatic N) is 4. The SMILES string of the molecule is CCOCCc1ccc(-c2ccnc(Nc3ccc(N4CC5CC4CN5C)c(C)c3)n2)cc1. The lowest BCUT2D eigenvalue weighted by molar-refractivity contribution is 0.151. The number of rotatable bonds is 8. The molecule has 2 aliphatic heterocycles. The molecule has 6 nitrogen and oxygen atoms in total. The molecule has 0 saturated carbocycles. The molecule has 1 N–H and O–H groups in total. The topological polar surface area (TPSA) is 53.5 Å². The van der Waals surface area contributed by atoms with Crippen LogP contribution >= 0.6 is 0 Å². The molecule has 2 atom stereocenters. The van der Waals surface area contributed by atoms with Crippen molar-refractivity contribution in [1.82, 2.24) is 14.9 Å². The Bertz CT molecular complexity index is 1100. The number of benzene rings is 2.